The molecule has 0 aliphatic carbocycles. The molecule has 0 aromatic heterocycles. The summed E-state index contributed by atoms with van der Waals surface area (Å²) in [5.41, 5.74) is 0.639. The van der Waals surface area contributed by atoms with Gasteiger partial charge in [-0.3, -0.25) is 24.6 Å². The number of nitro groups is 1. The molecule has 0 saturated carbocycles. The van der Waals surface area contributed by atoms with Crippen LogP contribution in [0.3, 0.4) is 0 Å². The predicted molar refractivity (Wildman–Crippen MR) is 91.6 cm³/mol. The standard InChI is InChI=1S/C18H17N3O4/c1-19-9-3-4-11(10-19)20-17(22)13-6-2-5-12-15(21(24)25)8-7-14(16(12)13)18(20)23/h2,5-8,11H,3-4,9-10H2,1H3. The molecular weight excluding hydrogens is 322 g/mol. The summed E-state index contributed by atoms with van der Waals surface area (Å²) in [7, 11) is 1.98. The van der Waals surface area contributed by atoms with E-state index in [1.54, 1.807) is 18.2 Å². The number of imide groups is 1. The number of piperidine rings is 1. The molecule has 7 heteroatoms. The topological polar surface area (TPSA) is 83.8 Å². The number of carbonyl (C=O) groups excluding carboxylic acids is 2. The van der Waals surface area contributed by atoms with Crippen molar-refractivity contribution < 1.29 is 14.5 Å². The van der Waals surface area contributed by atoms with E-state index in [2.05, 4.69) is 4.90 Å². The van der Waals surface area contributed by atoms with Crippen LogP contribution in [0, 0.1) is 10.1 Å². The molecule has 2 aromatic carbocycles. The monoisotopic (exact) mass is 339 g/mol. The van der Waals surface area contributed by atoms with E-state index in [0.717, 1.165) is 19.4 Å². The number of likely N-dealkylation sites (N-methyl/N-ethyl adjacent to an activating group) is 1. The number of hydrogen-bond donors (Lipinski definition) is 0. The second kappa shape index (κ2) is 5.63. The molecule has 25 heavy (non-hydrogen) atoms. The molecule has 1 unspecified atom stereocenters. The Morgan fingerprint density at radius 1 is 1.12 bits per heavy atom. The van der Waals surface area contributed by atoms with Crippen molar-refractivity contribution in [2.24, 2.45) is 0 Å². The van der Waals surface area contributed by atoms with Crippen LogP contribution >= 0.6 is 0 Å². The van der Waals surface area contributed by atoms with Gasteiger partial charge in [-0.25, -0.2) is 0 Å². The number of likely N-dealkylation sites (tertiary alicyclic amines) is 1. The van der Waals surface area contributed by atoms with Gasteiger partial charge < -0.3 is 4.90 Å². The van der Waals surface area contributed by atoms with E-state index in [4.69, 9.17) is 0 Å². The van der Waals surface area contributed by atoms with E-state index >= 15 is 0 Å². The third-order valence-electron chi connectivity index (χ3n) is 5.08. The quantitative estimate of drug-likeness (QED) is 0.477. The first-order valence-electron chi connectivity index (χ1n) is 8.25. The molecule has 2 amide bonds. The maximum atomic E-state index is 13.0. The number of carbonyl (C=O) groups is 2. The number of hydrogen-bond acceptors (Lipinski definition) is 5. The second-order valence-electron chi connectivity index (χ2n) is 6.66. The largest absolute Gasteiger partial charge is 0.304 e. The Hall–Kier alpha value is -2.80. The lowest BCUT2D eigenvalue weighted by Gasteiger charge is -2.38. The number of amides is 2. The molecule has 1 atom stereocenters. The molecule has 2 aromatic rings. The van der Waals surface area contributed by atoms with Crippen LogP contribution in [0.5, 0.6) is 0 Å². The van der Waals surface area contributed by atoms with Gasteiger partial charge in [-0.15, -0.1) is 0 Å². The van der Waals surface area contributed by atoms with Crippen LogP contribution in [0.4, 0.5) is 5.69 Å². The van der Waals surface area contributed by atoms with Crippen LogP contribution in [-0.2, 0) is 0 Å². The van der Waals surface area contributed by atoms with Gasteiger partial charge in [0.05, 0.1) is 16.4 Å². The maximum Gasteiger partial charge on any atom is 0.277 e. The van der Waals surface area contributed by atoms with Crippen molar-refractivity contribution in [3.05, 3.63) is 51.6 Å². The molecule has 2 aliphatic rings. The van der Waals surface area contributed by atoms with Crippen molar-refractivity contribution in [2.45, 2.75) is 18.9 Å². The van der Waals surface area contributed by atoms with E-state index in [9.17, 15) is 19.7 Å². The molecule has 0 radical (unpaired) electrons. The normalized spacial score (nSPS) is 21.0. The summed E-state index contributed by atoms with van der Waals surface area (Å²) < 4.78 is 0. The number of rotatable bonds is 2. The number of non-ortho nitro benzene ring substituents is 1. The Balaban J connectivity index is 1.89. The zero-order valence-corrected chi connectivity index (χ0v) is 13.8. The van der Waals surface area contributed by atoms with E-state index < -0.39 is 4.92 Å². The van der Waals surface area contributed by atoms with Gasteiger partial charge in [-0.1, -0.05) is 6.07 Å². The first-order valence-corrected chi connectivity index (χ1v) is 8.25. The third-order valence-corrected chi connectivity index (χ3v) is 5.08. The molecule has 128 valence electrons. The zero-order valence-electron chi connectivity index (χ0n) is 13.8. The summed E-state index contributed by atoms with van der Waals surface area (Å²) in [5, 5.41) is 12.0. The van der Waals surface area contributed by atoms with Crippen molar-refractivity contribution in [1.82, 2.24) is 9.80 Å². The third kappa shape index (κ3) is 2.31. The molecule has 0 N–H and O–H groups in total. The Bertz CT molecular complexity index is 902. The highest BCUT2D eigenvalue weighted by molar-refractivity contribution is 6.26. The van der Waals surface area contributed by atoms with Crippen LogP contribution in [0.25, 0.3) is 10.8 Å². The predicted octanol–water partition coefficient (Wildman–Crippen LogP) is 2.44. The number of benzene rings is 2. The van der Waals surface area contributed by atoms with Crippen molar-refractivity contribution in [2.75, 3.05) is 20.1 Å². The molecule has 2 heterocycles. The van der Waals surface area contributed by atoms with Gasteiger partial charge in [0.2, 0.25) is 0 Å². The van der Waals surface area contributed by atoms with Gasteiger partial charge in [0.1, 0.15) is 0 Å². The average Bonchev–Trinajstić information content (AvgIpc) is 2.59. The Labute approximate surface area is 144 Å². The minimum atomic E-state index is -0.486. The van der Waals surface area contributed by atoms with E-state index in [-0.39, 0.29) is 23.5 Å². The summed E-state index contributed by atoms with van der Waals surface area (Å²) >= 11 is 0. The maximum absolute atomic E-state index is 13.0. The number of nitrogens with zero attached hydrogens (tertiary/aromatic N) is 3. The summed E-state index contributed by atoms with van der Waals surface area (Å²) in [6, 6.07) is 7.51. The average molecular weight is 339 g/mol. The van der Waals surface area contributed by atoms with Crippen LogP contribution < -0.4 is 0 Å². The lowest BCUT2D eigenvalue weighted by atomic mass is 9.91. The highest BCUT2D eigenvalue weighted by Gasteiger charge is 2.39. The molecule has 2 aliphatic heterocycles. The van der Waals surface area contributed by atoms with Crippen LogP contribution in [0.2, 0.25) is 0 Å². The van der Waals surface area contributed by atoms with Crippen LogP contribution in [0.15, 0.2) is 30.3 Å². The van der Waals surface area contributed by atoms with Gasteiger partial charge in [0.25, 0.3) is 17.5 Å². The smallest absolute Gasteiger partial charge is 0.277 e. The molecule has 7 nitrogen and oxygen atoms in total. The van der Waals surface area contributed by atoms with Gasteiger partial charge >= 0.3 is 0 Å². The summed E-state index contributed by atoms with van der Waals surface area (Å²) in [6.45, 7) is 1.60. The lowest BCUT2D eigenvalue weighted by Crippen LogP contribution is -2.53. The highest BCUT2D eigenvalue weighted by atomic mass is 16.6. The van der Waals surface area contributed by atoms with Crippen molar-refractivity contribution >= 4 is 28.3 Å². The molecule has 0 bridgehead atoms. The molecule has 0 spiro atoms. The number of nitro benzene ring substituents is 1. The van der Waals surface area contributed by atoms with E-state index in [0.29, 0.717) is 28.4 Å². The van der Waals surface area contributed by atoms with Crippen LogP contribution in [-0.4, -0.2) is 52.7 Å². The first kappa shape index (κ1) is 15.7. The van der Waals surface area contributed by atoms with Crippen molar-refractivity contribution in [3.8, 4) is 0 Å². The fourth-order valence-corrected chi connectivity index (χ4v) is 3.94. The van der Waals surface area contributed by atoms with Crippen LogP contribution in [0.1, 0.15) is 33.6 Å². The molecule has 1 fully saturated rings. The highest BCUT2D eigenvalue weighted by Crippen LogP contribution is 2.36. The molecule has 4 rings (SSSR count). The fraction of sp³-hybridized carbons (Fsp3) is 0.333. The SMILES string of the molecule is CN1CCCC(N2C(=O)c3cccc4c([N+](=O)[O-])ccc(c34)C2=O)C1. The Morgan fingerprint density at radius 3 is 2.52 bits per heavy atom. The first-order chi connectivity index (χ1) is 12.0. The lowest BCUT2D eigenvalue weighted by molar-refractivity contribution is -0.383. The summed E-state index contributed by atoms with van der Waals surface area (Å²) in [6.07, 6.45) is 1.70. The summed E-state index contributed by atoms with van der Waals surface area (Å²) in [5.74, 6) is -0.715. The van der Waals surface area contributed by atoms with Gasteiger partial charge in [-0.05, 0) is 44.6 Å². The minimum Gasteiger partial charge on any atom is -0.304 e. The van der Waals surface area contributed by atoms with E-state index in [1.165, 1.54) is 17.0 Å². The Kier molecular flexibility index (Phi) is 3.54. The van der Waals surface area contributed by atoms with Gasteiger partial charge in [0.15, 0.2) is 0 Å². The summed E-state index contributed by atoms with van der Waals surface area (Å²) in [4.78, 5) is 40.3. The molecule has 1 saturated heterocycles. The zero-order chi connectivity index (χ0) is 17.7. The van der Waals surface area contributed by atoms with E-state index in [1.807, 2.05) is 7.05 Å². The van der Waals surface area contributed by atoms with Gasteiger partial charge in [-0.2, -0.15) is 0 Å². The Morgan fingerprint density at radius 2 is 1.84 bits per heavy atom. The van der Waals surface area contributed by atoms with Crippen molar-refractivity contribution in [3.63, 3.8) is 0 Å². The van der Waals surface area contributed by atoms with Crippen molar-refractivity contribution in [1.29, 1.82) is 0 Å². The molecular formula is C18H17N3O4. The second-order valence-corrected chi connectivity index (χ2v) is 6.66. The fourth-order valence-electron chi connectivity index (χ4n) is 3.94. The minimum absolute atomic E-state index is 0.0907. The van der Waals surface area contributed by atoms with Gasteiger partial charge in [0, 0.05) is 29.1 Å².